The molecule has 0 aliphatic rings. The number of benzene rings is 3. The number of rotatable bonds is 15. The number of hydrogen-bond donors (Lipinski definition) is 1. The Balaban J connectivity index is 1.89. The summed E-state index contributed by atoms with van der Waals surface area (Å²) in [4.78, 5) is 29.2. The number of sulfonamides is 1. The Morgan fingerprint density at radius 1 is 0.976 bits per heavy atom. The van der Waals surface area contributed by atoms with Gasteiger partial charge in [0, 0.05) is 42.5 Å². The summed E-state index contributed by atoms with van der Waals surface area (Å²) in [5.41, 5.74) is 2.28. The molecule has 8 nitrogen and oxygen atoms in total. The van der Waals surface area contributed by atoms with Crippen LogP contribution in [0.25, 0.3) is 0 Å². The van der Waals surface area contributed by atoms with Crippen molar-refractivity contribution in [3.05, 3.63) is 94.5 Å². The zero-order valence-electron chi connectivity index (χ0n) is 24.6. The van der Waals surface area contributed by atoms with E-state index in [-0.39, 0.29) is 43.8 Å². The predicted molar refractivity (Wildman–Crippen MR) is 171 cm³/mol. The van der Waals surface area contributed by atoms with Crippen molar-refractivity contribution in [1.82, 2.24) is 10.2 Å². The van der Waals surface area contributed by atoms with Gasteiger partial charge in [-0.15, -0.1) is 0 Å². The van der Waals surface area contributed by atoms with Crippen molar-refractivity contribution < 1.29 is 22.7 Å². The third kappa shape index (κ3) is 9.87. The molecular weight excluding hydrogens is 618 g/mol. The number of ether oxygens (including phenoxy) is 1. The summed E-state index contributed by atoms with van der Waals surface area (Å²) in [6.45, 7) is 4.27. The fourth-order valence-corrected chi connectivity index (χ4v) is 6.00. The third-order valence-corrected chi connectivity index (χ3v) is 8.69. The van der Waals surface area contributed by atoms with Gasteiger partial charge in [0.15, 0.2) is 0 Å². The molecule has 2 amide bonds. The first-order chi connectivity index (χ1) is 20.0. The van der Waals surface area contributed by atoms with Gasteiger partial charge in [-0.05, 0) is 55.2 Å². The van der Waals surface area contributed by atoms with Crippen LogP contribution in [0.3, 0.4) is 0 Å². The maximum Gasteiger partial charge on any atom is 0.243 e. The van der Waals surface area contributed by atoms with Crippen molar-refractivity contribution in [2.24, 2.45) is 0 Å². The van der Waals surface area contributed by atoms with Gasteiger partial charge in [0.1, 0.15) is 11.8 Å². The predicted octanol–water partition coefficient (Wildman–Crippen LogP) is 5.56. The van der Waals surface area contributed by atoms with Crippen LogP contribution in [0.4, 0.5) is 5.69 Å². The van der Waals surface area contributed by atoms with Crippen molar-refractivity contribution in [3.8, 4) is 5.75 Å². The van der Waals surface area contributed by atoms with Crippen LogP contribution in [-0.2, 0) is 32.6 Å². The van der Waals surface area contributed by atoms with E-state index in [1.807, 2.05) is 68.4 Å². The number of nitrogens with zero attached hydrogens (tertiary/aromatic N) is 2. The van der Waals surface area contributed by atoms with Crippen LogP contribution < -0.4 is 14.4 Å². The average molecular weight is 659 g/mol. The monoisotopic (exact) mass is 657 g/mol. The van der Waals surface area contributed by atoms with Gasteiger partial charge in [-0.3, -0.25) is 13.9 Å². The molecule has 0 bridgehead atoms. The Labute approximate surface area is 258 Å². The molecule has 42 heavy (non-hydrogen) atoms. The van der Waals surface area contributed by atoms with E-state index in [1.165, 1.54) is 11.4 Å². The molecule has 3 aromatic carbocycles. The number of halogens is 1. The molecule has 3 rings (SSSR count). The number of nitrogens with one attached hydrogen (secondary N) is 1. The van der Waals surface area contributed by atoms with Crippen molar-refractivity contribution in [2.75, 3.05) is 24.2 Å². The van der Waals surface area contributed by atoms with E-state index in [0.717, 1.165) is 28.3 Å². The van der Waals surface area contributed by atoms with Gasteiger partial charge < -0.3 is 15.0 Å². The third-order valence-electron chi connectivity index (χ3n) is 7.01. The normalized spacial score (nSPS) is 12.7. The van der Waals surface area contributed by atoms with E-state index < -0.39 is 16.1 Å². The Morgan fingerprint density at radius 2 is 1.67 bits per heavy atom. The number of carbonyl (C=O) groups is 2. The molecule has 1 N–H and O–H groups in total. The highest BCUT2D eigenvalue weighted by molar-refractivity contribution is 9.10. The lowest BCUT2D eigenvalue weighted by atomic mass is 10.0. The molecule has 3 aromatic rings. The summed E-state index contributed by atoms with van der Waals surface area (Å²) < 4.78 is 32.8. The molecule has 0 unspecified atom stereocenters. The van der Waals surface area contributed by atoms with Crippen molar-refractivity contribution in [1.29, 1.82) is 0 Å². The average Bonchev–Trinajstić information content (AvgIpc) is 2.96. The molecule has 0 aromatic heterocycles. The van der Waals surface area contributed by atoms with Gasteiger partial charge in [-0.1, -0.05) is 71.4 Å². The molecule has 10 heteroatoms. The van der Waals surface area contributed by atoms with E-state index in [4.69, 9.17) is 4.74 Å². The Bertz CT molecular complexity index is 1430. The van der Waals surface area contributed by atoms with Gasteiger partial charge in [-0.2, -0.15) is 0 Å². The summed E-state index contributed by atoms with van der Waals surface area (Å²) in [5.74, 6) is 0.0912. The molecule has 0 saturated carbocycles. The van der Waals surface area contributed by atoms with Gasteiger partial charge in [0.2, 0.25) is 21.8 Å². The van der Waals surface area contributed by atoms with Crippen molar-refractivity contribution in [3.63, 3.8) is 0 Å². The summed E-state index contributed by atoms with van der Waals surface area (Å²) >= 11 is 3.51. The molecule has 0 radical (unpaired) electrons. The molecule has 0 heterocycles. The maximum atomic E-state index is 13.9. The number of amides is 2. The lowest BCUT2D eigenvalue weighted by Crippen LogP contribution is -2.52. The Hall–Kier alpha value is -3.37. The van der Waals surface area contributed by atoms with Crippen LogP contribution in [0, 0.1) is 0 Å². The molecule has 0 saturated heterocycles. The van der Waals surface area contributed by atoms with Crippen LogP contribution in [0.2, 0.25) is 0 Å². The number of hydrogen-bond acceptors (Lipinski definition) is 5. The molecular formula is C32H40BrN3O5S. The minimum atomic E-state index is -3.62. The van der Waals surface area contributed by atoms with Gasteiger partial charge >= 0.3 is 0 Å². The van der Waals surface area contributed by atoms with E-state index >= 15 is 0 Å². The number of anilines is 1. The summed E-state index contributed by atoms with van der Waals surface area (Å²) in [6, 6.07) is 23.3. The highest BCUT2D eigenvalue weighted by Crippen LogP contribution is 2.24. The summed E-state index contributed by atoms with van der Waals surface area (Å²) in [6.07, 6.45) is 2.58. The number of carbonyl (C=O) groups excluding carboxylic acids is 2. The minimum Gasteiger partial charge on any atom is -0.497 e. The lowest BCUT2D eigenvalue weighted by molar-refractivity contribution is -0.141. The van der Waals surface area contributed by atoms with Gasteiger partial charge in [0.25, 0.3) is 0 Å². The smallest absolute Gasteiger partial charge is 0.243 e. The molecule has 0 aliphatic carbocycles. The SMILES string of the molecule is CC[C@@H](C)NC(=O)[C@H](Cc1ccccc1)N(Cc1cccc(Br)c1)C(=O)CCCN(c1cccc(OC)c1)S(C)(=O)=O. The molecule has 2 atom stereocenters. The van der Waals surface area contributed by atoms with Crippen molar-refractivity contribution in [2.45, 2.75) is 58.2 Å². The standard InChI is InChI=1S/C32H40BrN3O5S/c1-5-24(2)34-32(38)30(21-25-12-7-6-8-13-25)35(23-26-14-9-15-27(33)20-26)31(37)18-11-19-36(42(4,39)40)28-16-10-17-29(22-28)41-3/h6-10,12-17,20,22,24,30H,5,11,18-19,21,23H2,1-4H3,(H,34,38)/t24-,30+/m1/s1. The Morgan fingerprint density at radius 3 is 2.31 bits per heavy atom. The lowest BCUT2D eigenvalue weighted by Gasteiger charge is -2.32. The van der Waals surface area contributed by atoms with Crippen molar-refractivity contribution >= 4 is 43.5 Å². The van der Waals surface area contributed by atoms with E-state index in [1.54, 1.807) is 29.2 Å². The number of methoxy groups -OCH3 is 1. The Kier molecular flexibility index (Phi) is 12.4. The van der Waals surface area contributed by atoms with Crippen LogP contribution in [0.1, 0.15) is 44.2 Å². The fraction of sp³-hybridized carbons (Fsp3) is 0.375. The van der Waals surface area contributed by atoms with Crippen LogP contribution >= 0.6 is 15.9 Å². The molecule has 0 fully saturated rings. The minimum absolute atomic E-state index is 0.0511. The summed E-state index contributed by atoms with van der Waals surface area (Å²) in [7, 11) is -2.10. The van der Waals surface area contributed by atoms with E-state index in [0.29, 0.717) is 17.9 Å². The second-order valence-corrected chi connectivity index (χ2v) is 13.1. The first kappa shape index (κ1) is 33.1. The largest absolute Gasteiger partial charge is 0.497 e. The van der Waals surface area contributed by atoms with E-state index in [9.17, 15) is 18.0 Å². The summed E-state index contributed by atoms with van der Waals surface area (Å²) in [5, 5.41) is 3.07. The zero-order chi connectivity index (χ0) is 30.7. The maximum absolute atomic E-state index is 13.9. The highest BCUT2D eigenvalue weighted by Gasteiger charge is 2.31. The second kappa shape index (κ2) is 15.7. The van der Waals surface area contributed by atoms with Gasteiger partial charge in [-0.25, -0.2) is 8.42 Å². The molecule has 226 valence electrons. The zero-order valence-corrected chi connectivity index (χ0v) is 27.0. The van der Waals surface area contributed by atoms with Crippen LogP contribution in [0.15, 0.2) is 83.3 Å². The quantitative estimate of drug-likeness (QED) is 0.231. The van der Waals surface area contributed by atoms with E-state index in [2.05, 4.69) is 21.2 Å². The second-order valence-electron chi connectivity index (χ2n) is 10.3. The molecule has 0 spiro atoms. The topological polar surface area (TPSA) is 96.0 Å². The fourth-order valence-electron chi connectivity index (χ4n) is 4.60. The first-order valence-electron chi connectivity index (χ1n) is 14.0. The van der Waals surface area contributed by atoms with Gasteiger partial charge in [0.05, 0.1) is 19.1 Å². The van der Waals surface area contributed by atoms with Crippen LogP contribution in [-0.4, -0.2) is 57.1 Å². The first-order valence-corrected chi connectivity index (χ1v) is 16.7. The highest BCUT2D eigenvalue weighted by atomic mass is 79.9. The molecule has 0 aliphatic heterocycles. The van der Waals surface area contributed by atoms with Crippen LogP contribution in [0.5, 0.6) is 5.75 Å².